The normalized spacial score (nSPS) is 28.5. The maximum atomic E-state index is 12.7. The fourth-order valence-electron chi connectivity index (χ4n) is 5.33. The molecule has 0 N–H and O–H groups in total. The van der Waals surface area contributed by atoms with Gasteiger partial charge in [0.2, 0.25) is 0 Å². The zero-order chi connectivity index (χ0) is 18.3. The van der Waals surface area contributed by atoms with Crippen molar-refractivity contribution in [1.29, 1.82) is 0 Å². The second kappa shape index (κ2) is 6.78. The van der Waals surface area contributed by atoms with E-state index in [2.05, 4.69) is 0 Å². The van der Waals surface area contributed by atoms with Crippen LogP contribution in [-0.4, -0.2) is 28.2 Å². The third-order valence-electron chi connectivity index (χ3n) is 6.65. The van der Waals surface area contributed by atoms with Crippen molar-refractivity contribution in [3.05, 3.63) is 22.0 Å². The van der Waals surface area contributed by atoms with Crippen molar-refractivity contribution in [2.24, 2.45) is 0 Å². The largest absolute Gasteiger partial charge is 0.446 e. The molecule has 3 aliphatic rings. The fraction of sp³-hybridized carbons (Fsp3) is 0.800. The summed E-state index contributed by atoms with van der Waals surface area (Å²) in [5.74, 6) is 0.332. The highest BCUT2D eigenvalue weighted by Crippen LogP contribution is 2.41. The van der Waals surface area contributed by atoms with Crippen LogP contribution in [0.2, 0.25) is 0 Å². The lowest BCUT2D eigenvalue weighted by Gasteiger charge is -2.38. The Morgan fingerprint density at radius 2 is 1.50 bits per heavy atom. The van der Waals surface area contributed by atoms with Gasteiger partial charge < -0.3 is 9.15 Å². The van der Waals surface area contributed by atoms with Gasteiger partial charge in [0, 0.05) is 12.1 Å². The molecule has 26 heavy (non-hydrogen) atoms. The van der Waals surface area contributed by atoms with Crippen LogP contribution >= 0.6 is 0 Å². The van der Waals surface area contributed by atoms with Gasteiger partial charge in [0.1, 0.15) is 12.1 Å². The Balaban J connectivity index is 1.71. The van der Waals surface area contributed by atoms with E-state index >= 15 is 0 Å². The molecule has 2 saturated carbocycles. The summed E-state index contributed by atoms with van der Waals surface area (Å²) in [5, 5.41) is 0. The first kappa shape index (κ1) is 17.7. The molecule has 2 aliphatic carbocycles. The van der Waals surface area contributed by atoms with E-state index in [1.165, 1.54) is 12.8 Å². The van der Waals surface area contributed by atoms with Crippen LogP contribution in [0.15, 0.2) is 9.21 Å². The van der Waals surface area contributed by atoms with Gasteiger partial charge in [-0.3, -0.25) is 9.47 Å². The molecule has 2 heterocycles. The lowest BCUT2D eigenvalue weighted by Crippen LogP contribution is -2.49. The van der Waals surface area contributed by atoms with Gasteiger partial charge in [0.05, 0.1) is 5.69 Å². The highest BCUT2D eigenvalue weighted by Gasteiger charge is 2.52. The predicted octanol–water partition coefficient (Wildman–Crippen LogP) is 4.26. The van der Waals surface area contributed by atoms with Gasteiger partial charge in [-0.05, 0) is 39.5 Å². The van der Waals surface area contributed by atoms with Crippen LogP contribution in [0.5, 0.6) is 0 Å². The van der Waals surface area contributed by atoms with E-state index in [1.54, 1.807) is 0 Å². The number of aromatic nitrogens is 1. The summed E-state index contributed by atoms with van der Waals surface area (Å²) < 4.78 is 13.1. The SMILES string of the molecule is Cc1c(C2(C)COC(=O)N2C2CCCCC2)oc(=O)n1C1CCCCC1. The maximum Gasteiger partial charge on any atom is 0.419 e. The molecule has 1 saturated heterocycles. The van der Waals surface area contributed by atoms with E-state index < -0.39 is 5.54 Å². The number of hydrogen-bond donors (Lipinski definition) is 0. The zero-order valence-electron chi connectivity index (χ0n) is 16.0. The second-order valence-corrected chi connectivity index (χ2v) is 8.43. The molecule has 1 aromatic heterocycles. The van der Waals surface area contributed by atoms with Crippen LogP contribution < -0.4 is 5.76 Å². The third-order valence-corrected chi connectivity index (χ3v) is 6.65. The summed E-state index contributed by atoms with van der Waals surface area (Å²) >= 11 is 0. The molecule has 0 bridgehead atoms. The zero-order valence-corrected chi connectivity index (χ0v) is 16.0. The molecule has 3 fully saturated rings. The van der Waals surface area contributed by atoms with Crippen LogP contribution in [0.3, 0.4) is 0 Å². The molecule has 1 aliphatic heterocycles. The van der Waals surface area contributed by atoms with Crippen LogP contribution in [0.4, 0.5) is 4.79 Å². The predicted molar refractivity (Wildman–Crippen MR) is 97.2 cm³/mol. The number of amides is 1. The molecule has 0 aromatic carbocycles. The molecule has 1 atom stereocenters. The average Bonchev–Trinajstić information content (AvgIpc) is 3.13. The van der Waals surface area contributed by atoms with Gasteiger partial charge in [-0.1, -0.05) is 38.5 Å². The Kier molecular flexibility index (Phi) is 4.61. The summed E-state index contributed by atoms with van der Waals surface area (Å²) in [4.78, 5) is 27.1. The minimum Gasteiger partial charge on any atom is -0.446 e. The molecule has 144 valence electrons. The number of carbonyl (C=O) groups is 1. The molecule has 0 spiro atoms. The number of ether oxygens (including phenoxy) is 1. The average molecular weight is 362 g/mol. The molecule has 1 amide bonds. The summed E-state index contributed by atoms with van der Waals surface area (Å²) in [5.41, 5.74) is 0.172. The fourth-order valence-corrected chi connectivity index (χ4v) is 5.33. The molecule has 1 unspecified atom stereocenters. The van der Waals surface area contributed by atoms with E-state index in [1.807, 2.05) is 23.3 Å². The van der Waals surface area contributed by atoms with Crippen molar-refractivity contribution in [2.45, 2.75) is 95.7 Å². The van der Waals surface area contributed by atoms with Crippen molar-refractivity contribution >= 4 is 6.09 Å². The second-order valence-electron chi connectivity index (χ2n) is 8.43. The summed E-state index contributed by atoms with van der Waals surface area (Å²) in [6, 6.07) is 0.394. The van der Waals surface area contributed by atoms with E-state index in [0.717, 1.165) is 57.1 Å². The molecular weight excluding hydrogens is 332 g/mol. The maximum absolute atomic E-state index is 12.7. The van der Waals surface area contributed by atoms with Crippen molar-refractivity contribution in [3.8, 4) is 0 Å². The number of cyclic esters (lactones) is 1. The standard InChI is InChI=1S/C20H30N2O4/c1-14-17(26-18(23)21(14)15-9-5-3-6-10-15)20(2)13-25-19(24)22(20)16-11-7-4-8-12-16/h15-16H,3-13H2,1-2H3. The van der Waals surface area contributed by atoms with E-state index in [0.29, 0.717) is 5.76 Å². The summed E-state index contributed by atoms with van der Waals surface area (Å²) in [7, 11) is 0. The van der Waals surface area contributed by atoms with E-state index in [4.69, 9.17) is 9.15 Å². The molecular formula is C20H30N2O4. The number of rotatable bonds is 3. The Labute approximate surface area is 154 Å². The highest BCUT2D eigenvalue weighted by atomic mass is 16.6. The van der Waals surface area contributed by atoms with Gasteiger partial charge in [-0.15, -0.1) is 0 Å². The molecule has 0 radical (unpaired) electrons. The van der Waals surface area contributed by atoms with Crippen LogP contribution in [-0.2, 0) is 10.3 Å². The van der Waals surface area contributed by atoms with Crippen molar-refractivity contribution in [2.75, 3.05) is 6.61 Å². The molecule has 6 heteroatoms. The topological polar surface area (TPSA) is 64.7 Å². The van der Waals surface area contributed by atoms with Gasteiger partial charge in [-0.25, -0.2) is 9.59 Å². The number of hydrogen-bond acceptors (Lipinski definition) is 4. The van der Waals surface area contributed by atoms with E-state index in [9.17, 15) is 9.59 Å². The van der Waals surface area contributed by atoms with Crippen molar-refractivity contribution in [3.63, 3.8) is 0 Å². The Morgan fingerprint density at radius 1 is 0.923 bits per heavy atom. The summed E-state index contributed by atoms with van der Waals surface area (Å²) in [6.45, 7) is 4.20. The smallest absolute Gasteiger partial charge is 0.419 e. The van der Waals surface area contributed by atoms with Gasteiger partial charge in [0.25, 0.3) is 0 Å². The van der Waals surface area contributed by atoms with Crippen LogP contribution in [0.1, 0.15) is 88.6 Å². The highest BCUT2D eigenvalue weighted by molar-refractivity contribution is 5.72. The van der Waals surface area contributed by atoms with Gasteiger partial charge >= 0.3 is 11.8 Å². The molecule has 4 rings (SSSR count). The lowest BCUT2D eigenvalue weighted by molar-refractivity contribution is 0.0888. The third kappa shape index (κ3) is 2.78. The molecule has 1 aromatic rings. The van der Waals surface area contributed by atoms with Crippen molar-refractivity contribution < 1.29 is 13.9 Å². The number of oxazole rings is 1. The minimum atomic E-state index is -0.692. The Bertz CT molecular complexity index is 725. The van der Waals surface area contributed by atoms with Crippen LogP contribution in [0.25, 0.3) is 0 Å². The number of carbonyl (C=O) groups excluding carboxylic acids is 1. The quantitative estimate of drug-likeness (QED) is 0.806. The van der Waals surface area contributed by atoms with Gasteiger partial charge in [0.15, 0.2) is 5.76 Å². The first-order valence-corrected chi connectivity index (χ1v) is 10.2. The van der Waals surface area contributed by atoms with E-state index in [-0.39, 0.29) is 30.5 Å². The monoisotopic (exact) mass is 362 g/mol. The lowest BCUT2D eigenvalue weighted by atomic mass is 9.88. The summed E-state index contributed by atoms with van der Waals surface area (Å²) in [6.07, 6.45) is 10.8. The minimum absolute atomic E-state index is 0.173. The Hall–Kier alpha value is -1.72. The van der Waals surface area contributed by atoms with Crippen LogP contribution in [0, 0.1) is 6.92 Å². The Morgan fingerprint density at radius 3 is 2.12 bits per heavy atom. The number of nitrogens with zero attached hydrogens (tertiary/aromatic N) is 2. The van der Waals surface area contributed by atoms with Crippen molar-refractivity contribution in [1.82, 2.24) is 9.47 Å². The first-order chi connectivity index (χ1) is 12.5. The first-order valence-electron chi connectivity index (χ1n) is 10.2. The molecule has 6 nitrogen and oxygen atoms in total. The van der Waals surface area contributed by atoms with Gasteiger partial charge in [-0.2, -0.15) is 0 Å².